The third kappa shape index (κ3) is 24.9. The molecule has 0 saturated carbocycles. The molecule has 59 heteroatoms. The van der Waals surface area contributed by atoms with Gasteiger partial charge in [0.05, 0.1) is 0 Å². The monoisotopic (exact) mass is 7120 g/mol. The summed E-state index contributed by atoms with van der Waals surface area (Å²) in [4.78, 5) is 25.0. The van der Waals surface area contributed by atoms with Crippen LogP contribution in [0.2, 0.25) is 0 Å². The average molecular weight is 7120 g/mol. The Bertz CT molecular complexity index is 1730. The standard InChI is InChI=1S/C13H16I54N2O2P/c1-7(2,3)71-6(70)69-8(4,43-14)9(48(19)20)10(50(22)63(38)60(35)46-17,13(69,52(24)59(34)45-16)55(27)62(37)57(30)31)12(53(25)64(39)66(41)58(32)33,54(26)65(40)67(42)61(36)47-18)68(5-72)11(9,49(21)44-15)51(23)56(28)29/h5,72H2,1-4H3/q-5. The van der Waals surface area contributed by atoms with E-state index in [4.69, 9.17) is 4.74 Å². The van der Waals surface area contributed by atoms with E-state index < -0.39 is 213 Å². The SMILES string of the molecule is CC(C)(C)OC(=O)N1C(C)([I-]I)C2(I(I)I)C(I(I)[I-]I)(I(I)I(I)I)N(CP)C(I(I)I(I)I(I)I(I)I)(I(I)I(I)I(I)I(I)[I-]I)C2(I(I)I(I)I(I)[I-]I)C1(I(I)I(I)[I-]I)I(I)I(I)I(I)I. The molecule has 0 spiro atoms. The van der Waals surface area contributed by atoms with Crippen LogP contribution < -0.4 is 70.3 Å². The summed E-state index contributed by atoms with van der Waals surface area (Å²) in [5.41, 5.74) is -0.492. The van der Waals surface area contributed by atoms with Crippen LogP contribution in [0.5, 0.6) is 0 Å². The third-order valence-electron chi connectivity index (χ3n) is 7.42. The van der Waals surface area contributed by atoms with Gasteiger partial charge < -0.3 is 0 Å². The summed E-state index contributed by atoms with van der Waals surface area (Å²) in [5.74, 6) is 0. The van der Waals surface area contributed by atoms with Crippen LogP contribution in [0, 0.1) is 0 Å². The van der Waals surface area contributed by atoms with Gasteiger partial charge in [-0.2, -0.15) is 0 Å². The van der Waals surface area contributed by atoms with Crippen molar-refractivity contribution in [2.45, 2.75) is 48.3 Å². The Kier molecular flexibility index (Phi) is 79.0. The van der Waals surface area contributed by atoms with Gasteiger partial charge in [-0.3, -0.25) is 0 Å². The zero-order valence-electron chi connectivity index (χ0n) is 31.4. The van der Waals surface area contributed by atoms with Crippen LogP contribution in [0.15, 0.2) is 0 Å². The normalized spacial score (nSPS) is 31.0. The van der Waals surface area contributed by atoms with Gasteiger partial charge in [0.1, 0.15) is 0 Å². The second-order valence-corrected chi connectivity index (χ2v) is 866. The Hall–Kier alpha value is 39.1. The van der Waals surface area contributed by atoms with Gasteiger partial charge in [0, 0.05) is 0 Å². The molecule has 2 fully saturated rings. The van der Waals surface area contributed by atoms with Gasteiger partial charge in [-0.1, -0.05) is 0 Å². The molecule has 0 radical (unpaired) electrons. The van der Waals surface area contributed by atoms with E-state index in [0.29, 0.717) is 29.3 Å². The molecular formula is C13H16I54N2O2P-5. The van der Waals surface area contributed by atoms with Crippen molar-refractivity contribution in [2.75, 3.05) is 6.29 Å². The molecule has 2 heterocycles. The second-order valence-electron chi connectivity index (χ2n) is 11.1. The first-order chi connectivity index (χ1) is 32.9. The van der Waals surface area contributed by atoms with Crippen LogP contribution in [0.25, 0.3) is 0 Å². The predicted molar refractivity (Wildman–Crippen MR) is 754 cm³/mol. The van der Waals surface area contributed by atoms with E-state index in [1.54, 1.807) is 0 Å². The summed E-state index contributed by atoms with van der Waals surface area (Å²) in [6.45, 7) is 9.90. The van der Waals surface area contributed by atoms with Crippen LogP contribution in [-0.4, -0.2) is 42.8 Å². The molecule has 1 amide bonds. The number of rotatable bonds is 26. The van der Waals surface area contributed by atoms with E-state index in [1.807, 2.05) is 0 Å². The van der Waals surface area contributed by atoms with Crippen molar-refractivity contribution < 1.29 is 79.8 Å². The molecule has 0 aromatic heterocycles. The van der Waals surface area contributed by atoms with Gasteiger partial charge in [-0.05, 0) is 0 Å². The molecule has 72 heavy (non-hydrogen) atoms. The maximum absolute atomic E-state index is 17.6. The van der Waals surface area contributed by atoms with Crippen molar-refractivity contribution in [1.82, 2.24) is 9.80 Å². The zero-order valence-corrected chi connectivity index (χ0v) is 149. The van der Waals surface area contributed by atoms with Crippen molar-refractivity contribution in [3.05, 3.63) is 0 Å². The number of fused-ring (bicyclic) bond motifs is 1. The van der Waals surface area contributed by atoms with Crippen molar-refractivity contribution in [3.63, 3.8) is 0 Å². The first kappa shape index (κ1) is 107. The van der Waals surface area contributed by atoms with Crippen LogP contribution in [-0.2, 0) is 4.74 Å². The predicted octanol–water partition coefficient (Wildman–Crippen LogP) is 28.9. The molecule has 2 aliphatic rings. The Morgan fingerprint density at radius 1 is 0.486 bits per heavy atom. The van der Waals surface area contributed by atoms with Gasteiger partial charge in [0.2, 0.25) is 0 Å². The number of hydrogen-bond acceptors (Lipinski definition) is 3. The summed E-state index contributed by atoms with van der Waals surface area (Å²) in [6.07, 6.45) is 1.61. The fraction of sp³-hybridized carbons (Fsp3) is 0.923. The summed E-state index contributed by atoms with van der Waals surface area (Å²) in [7, 11) is -11.4. The molecule has 0 aromatic carbocycles. The molecule has 0 aliphatic carbocycles. The van der Waals surface area contributed by atoms with E-state index >= 15 is 4.79 Å². The number of likely N-dealkylation sites (tertiary alicyclic amines) is 2. The number of carbonyl (C=O) groups excluding carboxylic acids is 1. The minimum atomic E-state index is -2.01. The van der Waals surface area contributed by atoms with E-state index in [1.165, 1.54) is 6.29 Å². The third-order valence-corrected chi connectivity index (χ3v) is 2070. The summed E-state index contributed by atoms with van der Waals surface area (Å²) in [5, 5.41) is 0. The molecule has 7 unspecified atom stereocenters. The van der Waals surface area contributed by atoms with Gasteiger partial charge >= 0.3 is 889 Å². The number of hydrogen-bond donors (Lipinski definition) is 0. The zero-order chi connectivity index (χ0) is 56.7. The molecule has 2 rings (SSSR count). The van der Waals surface area contributed by atoms with E-state index in [9.17, 15) is 0 Å². The number of ether oxygens (including phenoxy) is 1. The van der Waals surface area contributed by atoms with Gasteiger partial charge in [0.25, 0.3) is 0 Å². The van der Waals surface area contributed by atoms with Crippen LogP contribution in [0.1, 0.15) is 27.7 Å². The molecule has 0 N–H and O–H groups in total. The van der Waals surface area contributed by atoms with Gasteiger partial charge in [0.15, 0.2) is 0 Å². The van der Waals surface area contributed by atoms with Gasteiger partial charge in [-0.25, -0.2) is 0 Å². The Balaban J connectivity index is 4.55. The molecular weight excluding hydrogens is 7100 g/mol. The first-order valence-corrected chi connectivity index (χ1v) is 307. The number of halogens is 54. The maximum atomic E-state index is 17.6. The number of alkyl halides is 9. The summed E-state index contributed by atoms with van der Waals surface area (Å²) >= 11 is 83.6. The number of nitrogens with zero attached hydrogens (tertiary/aromatic N) is 2. The fourth-order valence-electron chi connectivity index (χ4n) is 5.88. The Morgan fingerprint density at radius 2 is 0.903 bits per heavy atom. The van der Waals surface area contributed by atoms with Gasteiger partial charge in [-0.15, -0.1) is 0 Å². The molecule has 0 aromatic rings. The Morgan fingerprint density at radius 3 is 1.25 bits per heavy atom. The van der Waals surface area contributed by atoms with E-state index in [0.717, 1.165) is 0 Å². The van der Waals surface area contributed by atoms with E-state index in [2.05, 4.69) is 587 Å². The second kappa shape index (κ2) is 53.1. The number of amides is 1. The van der Waals surface area contributed by atoms with Crippen molar-refractivity contribution in [2.24, 2.45) is 0 Å². The fourth-order valence-corrected chi connectivity index (χ4v) is 3180. The average Bonchev–Trinajstić information content (AvgIpc) is 3.68. The van der Waals surface area contributed by atoms with Crippen molar-refractivity contribution in [3.8, 4) is 0 Å². The first-order valence-electron chi connectivity index (χ1n) is 13.8. The van der Waals surface area contributed by atoms with Crippen molar-refractivity contribution >= 4 is 745 Å². The molecule has 2 saturated heterocycles. The van der Waals surface area contributed by atoms with Crippen LogP contribution >= 0.6 is 739 Å². The van der Waals surface area contributed by atoms with Crippen LogP contribution in [0.3, 0.4) is 0 Å². The number of carbonyl (C=O) groups is 1. The Labute approximate surface area is 845 Å². The summed E-state index contributed by atoms with van der Waals surface area (Å²) < 4.78 is 9.41. The van der Waals surface area contributed by atoms with E-state index in [-0.39, 0.29) is 44.9 Å². The quantitative estimate of drug-likeness (QED) is 0.0374. The molecule has 2 aliphatic heterocycles. The summed E-state index contributed by atoms with van der Waals surface area (Å²) in [6, 6.07) is 0. The van der Waals surface area contributed by atoms with Crippen molar-refractivity contribution in [1.29, 1.82) is 0 Å². The molecule has 7 atom stereocenters. The minimum absolute atomic E-state index is 0.0453. The molecule has 4 nitrogen and oxygen atoms in total. The van der Waals surface area contributed by atoms with Crippen LogP contribution in [0.4, 0.5) is 4.79 Å². The molecule has 478 valence electrons. The topological polar surface area (TPSA) is 32.8 Å². The molecule has 0 bridgehead atoms.